The Morgan fingerprint density at radius 1 is 1.10 bits per heavy atom. The van der Waals surface area contributed by atoms with Crippen LogP contribution in [0.15, 0.2) is 52.3 Å². The molecule has 39 heavy (non-hydrogen) atoms. The molecule has 1 saturated heterocycles. The van der Waals surface area contributed by atoms with E-state index >= 15 is 0 Å². The highest BCUT2D eigenvalue weighted by atomic mass is 32.2. The number of anilines is 1. The molecule has 2 aliphatic heterocycles. The lowest BCUT2D eigenvalue weighted by atomic mass is 9.83. The molecule has 1 N–H and O–H groups in total. The van der Waals surface area contributed by atoms with Crippen LogP contribution < -0.4 is 19.2 Å². The van der Waals surface area contributed by atoms with Crippen LogP contribution in [0.1, 0.15) is 23.3 Å². The fourth-order valence-electron chi connectivity index (χ4n) is 4.69. The van der Waals surface area contributed by atoms with Gasteiger partial charge in [-0.15, -0.1) is 0 Å². The van der Waals surface area contributed by atoms with Crippen molar-refractivity contribution >= 4 is 52.3 Å². The molecule has 3 atom stereocenters. The van der Waals surface area contributed by atoms with Crippen LogP contribution in [0.5, 0.6) is 11.5 Å². The number of aromatic amines is 1. The number of methoxy groups -OCH3 is 1. The zero-order valence-electron chi connectivity index (χ0n) is 20.6. The van der Waals surface area contributed by atoms with Crippen molar-refractivity contribution in [2.75, 3.05) is 25.2 Å². The lowest BCUT2D eigenvalue weighted by Gasteiger charge is -2.30. The number of nitrogens with one attached hydrogen (secondary N) is 1. The molecule has 0 spiro atoms. The number of imide groups is 1. The molecule has 202 valence electrons. The van der Waals surface area contributed by atoms with Crippen LogP contribution >= 0.6 is 23.1 Å². The Kier molecular flexibility index (Phi) is 7.14. The summed E-state index contributed by atoms with van der Waals surface area (Å²) in [7, 11) is 1.43. The van der Waals surface area contributed by atoms with Crippen molar-refractivity contribution in [3.05, 3.63) is 72.7 Å². The average molecular weight is 572 g/mol. The topological polar surface area (TPSA) is 158 Å². The summed E-state index contributed by atoms with van der Waals surface area (Å²) in [5.41, 5.74) is 0.662. The number of thioether (sulfide) groups is 1. The Labute approximate surface area is 229 Å². The normalized spacial score (nSPS) is 19.8. The number of aromatic nitrogens is 1. The molecule has 2 aliphatic rings. The molecule has 0 aliphatic carbocycles. The van der Waals surface area contributed by atoms with Gasteiger partial charge in [0, 0.05) is 22.9 Å². The van der Waals surface area contributed by atoms with E-state index in [0.717, 1.165) is 28.0 Å². The number of benzene rings is 2. The lowest BCUT2D eigenvalue weighted by Crippen LogP contribution is -2.32. The van der Waals surface area contributed by atoms with E-state index in [1.54, 1.807) is 25.1 Å². The van der Waals surface area contributed by atoms with Gasteiger partial charge in [-0.1, -0.05) is 29.2 Å². The second-order valence-corrected chi connectivity index (χ2v) is 10.7. The highest BCUT2D eigenvalue weighted by Gasteiger charge is 2.56. The molecule has 5 rings (SSSR count). The number of hydrogen-bond donors (Lipinski definition) is 1. The number of rotatable bonds is 8. The summed E-state index contributed by atoms with van der Waals surface area (Å²) in [5.74, 6) is -2.45. The maximum atomic E-state index is 13.8. The number of thiazole rings is 1. The van der Waals surface area contributed by atoms with E-state index in [0.29, 0.717) is 21.2 Å². The van der Waals surface area contributed by atoms with Crippen molar-refractivity contribution in [1.29, 1.82) is 0 Å². The molecular weight excluding hydrogens is 550 g/mol. The van der Waals surface area contributed by atoms with Crippen LogP contribution in [0.3, 0.4) is 0 Å². The number of carbonyl (C=O) groups excluding carboxylic acids is 3. The molecule has 14 heteroatoms. The van der Waals surface area contributed by atoms with Crippen molar-refractivity contribution < 1.29 is 33.5 Å². The molecule has 2 unspecified atom stereocenters. The minimum absolute atomic E-state index is 0.167. The monoisotopic (exact) mass is 571 g/mol. The van der Waals surface area contributed by atoms with Gasteiger partial charge in [0.25, 0.3) is 5.69 Å². The number of ether oxygens (including phenoxy) is 3. The number of fused-ring (bicyclic) bond motifs is 2. The van der Waals surface area contributed by atoms with Crippen LogP contribution in [0.4, 0.5) is 11.4 Å². The summed E-state index contributed by atoms with van der Waals surface area (Å²) in [6.45, 7) is 1.57. The Morgan fingerprint density at radius 3 is 2.51 bits per heavy atom. The smallest absolute Gasteiger partial charge is 0.344 e. The number of nitro groups is 1. The maximum absolute atomic E-state index is 13.8. The minimum atomic E-state index is -0.854. The van der Waals surface area contributed by atoms with Crippen LogP contribution in [-0.2, 0) is 19.1 Å². The maximum Gasteiger partial charge on any atom is 0.344 e. The van der Waals surface area contributed by atoms with E-state index in [1.165, 1.54) is 31.4 Å². The van der Waals surface area contributed by atoms with Gasteiger partial charge >= 0.3 is 10.8 Å². The molecule has 1 aromatic heterocycles. The van der Waals surface area contributed by atoms with Gasteiger partial charge in [0.1, 0.15) is 5.25 Å². The third-order valence-corrected chi connectivity index (χ3v) is 8.74. The van der Waals surface area contributed by atoms with Gasteiger partial charge < -0.3 is 19.2 Å². The van der Waals surface area contributed by atoms with Gasteiger partial charge in [0.15, 0.2) is 18.1 Å². The second-order valence-electron chi connectivity index (χ2n) is 8.54. The van der Waals surface area contributed by atoms with Gasteiger partial charge in [-0.25, -0.2) is 9.69 Å². The van der Waals surface area contributed by atoms with E-state index in [9.17, 15) is 29.3 Å². The number of hydrogen-bond acceptors (Lipinski definition) is 11. The van der Waals surface area contributed by atoms with Gasteiger partial charge in [0.2, 0.25) is 11.8 Å². The number of carbonyl (C=O) groups is 3. The van der Waals surface area contributed by atoms with Crippen LogP contribution in [0.2, 0.25) is 0 Å². The molecule has 2 amide bonds. The number of H-pyrrole nitrogens is 1. The van der Waals surface area contributed by atoms with E-state index < -0.39 is 39.8 Å². The van der Waals surface area contributed by atoms with E-state index in [-0.39, 0.29) is 35.2 Å². The Balaban J connectivity index is 1.53. The molecule has 2 aromatic carbocycles. The Hall–Kier alpha value is -4.17. The SMILES string of the molecule is CCOC(=O)COc1ccc([C@H]2c3sc(=O)[nH]c3SC3C(=O)N(c4ccc([N+](=O)[O-])cc4)C(=O)C32)cc1OC. The number of non-ortho nitro benzene ring substituents is 1. The summed E-state index contributed by atoms with van der Waals surface area (Å²) in [4.78, 5) is 65.9. The molecule has 3 aromatic rings. The average Bonchev–Trinajstić information content (AvgIpc) is 3.41. The first-order valence-corrected chi connectivity index (χ1v) is 13.4. The highest BCUT2D eigenvalue weighted by molar-refractivity contribution is 8.00. The zero-order valence-corrected chi connectivity index (χ0v) is 22.2. The summed E-state index contributed by atoms with van der Waals surface area (Å²) < 4.78 is 15.9. The predicted molar refractivity (Wildman–Crippen MR) is 141 cm³/mol. The van der Waals surface area contributed by atoms with Gasteiger partial charge in [-0.2, -0.15) is 0 Å². The van der Waals surface area contributed by atoms with E-state index in [4.69, 9.17) is 14.2 Å². The number of nitro benzene ring substituents is 1. The van der Waals surface area contributed by atoms with Crippen molar-refractivity contribution in [2.45, 2.75) is 23.1 Å². The molecule has 1 fully saturated rings. The number of esters is 1. The summed E-state index contributed by atoms with van der Waals surface area (Å²) in [5, 5.41) is 10.7. The lowest BCUT2D eigenvalue weighted by molar-refractivity contribution is -0.384. The summed E-state index contributed by atoms with van der Waals surface area (Å²) in [6.07, 6.45) is 0. The predicted octanol–water partition coefficient (Wildman–Crippen LogP) is 3.09. The fourth-order valence-corrected chi connectivity index (χ4v) is 7.21. The first-order chi connectivity index (χ1) is 18.7. The molecule has 0 bridgehead atoms. The summed E-state index contributed by atoms with van der Waals surface area (Å²) in [6, 6.07) is 10.1. The van der Waals surface area contributed by atoms with Crippen LogP contribution in [-0.4, -0.2) is 53.3 Å². The quantitative estimate of drug-likeness (QED) is 0.184. The molecule has 0 radical (unpaired) electrons. The van der Waals surface area contributed by atoms with Crippen molar-refractivity contribution in [1.82, 2.24) is 4.98 Å². The first kappa shape index (κ1) is 26.4. The molecular formula is C25H21N3O9S2. The molecule has 3 heterocycles. The highest BCUT2D eigenvalue weighted by Crippen LogP contribution is 2.53. The van der Waals surface area contributed by atoms with Gasteiger partial charge in [-0.05, 0) is 36.8 Å². The molecule has 12 nitrogen and oxygen atoms in total. The Morgan fingerprint density at radius 2 is 1.85 bits per heavy atom. The van der Waals surface area contributed by atoms with E-state index in [1.807, 2.05) is 0 Å². The third kappa shape index (κ3) is 4.76. The Bertz CT molecular complexity index is 1530. The van der Waals surface area contributed by atoms with E-state index in [2.05, 4.69) is 4.98 Å². The molecule has 0 saturated carbocycles. The first-order valence-electron chi connectivity index (χ1n) is 11.7. The van der Waals surface area contributed by atoms with Crippen molar-refractivity contribution in [2.24, 2.45) is 5.92 Å². The minimum Gasteiger partial charge on any atom is -0.493 e. The number of amides is 2. The summed E-state index contributed by atoms with van der Waals surface area (Å²) >= 11 is 2.08. The van der Waals surface area contributed by atoms with Crippen molar-refractivity contribution in [3.63, 3.8) is 0 Å². The standard InChI is InChI=1S/C25H21N3O9S2/c1-3-36-17(29)11-37-15-9-4-12(10-16(15)35-2)18-19-21(38-22-20(18)39-25(32)26-22)24(31)27(23(19)30)13-5-7-14(8-6-13)28(33)34/h4-10,18-19,21H,3,11H2,1-2H3,(H,26,32)/t18-,19?,21?/m1/s1. The largest absolute Gasteiger partial charge is 0.493 e. The fraction of sp³-hybridized carbons (Fsp3) is 0.280. The number of nitrogens with zero attached hydrogens (tertiary/aromatic N) is 2. The zero-order chi connectivity index (χ0) is 27.8. The van der Waals surface area contributed by atoms with Crippen LogP contribution in [0, 0.1) is 16.0 Å². The van der Waals surface area contributed by atoms with Crippen molar-refractivity contribution in [3.8, 4) is 11.5 Å². The van der Waals surface area contributed by atoms with Gasteiger partial charge in [0.05, 0.1) is 35.3 Å². The van der Waals surface area contributed by atoms with Gasteiger partial charge in [-0.3, -0.25) is 24.5 Å². The second kappa shape index (κ2) is 10.5. The third-order valence-electron chi connectivity index (χ3n) is 6.34. The van der Waals surface area contributed by atoms with Crippen LogP contribution in [0.25, 0.3) is 0 Å².